The summed E-state index contributed by atoms with van der Waals surface area (Å²) in [6.45, 7) is 3.93. The van der Waals surface area contributed by atoms with E-state index in [4.69, 9.17) is 14.7 Å². The molecule has 1 saturated heterocycles. The highest BCUT2D eigenvalue weighted by Crippen LogP contribution is 2.43. The van der Waals surface area contributed by atoms with E-state index in [1.54, 1.807) is 26.0 Å². The van der Waals surface area contributed by atoms with E-state index in [2.05, 4.69) is 6.07 Å². The monoisotopic (exact) mass is 355 g/mol. The molecule has 2 fully saturated rings. The lowest BCUT2D eigenvalue weighted by molar-refractivity contribution is -0.0378. The Morgan fingerprint density at radius 1 is 1.08 bits per heavy atom. The lowest BCUT2D eigenvalue weighted by atomic mass is 10.0. The van der Waals surface area contributed by atoms with Gasteiger partial charge in [0, 0.05) is 0 Å². The first-order valence-corrected chi connectivity index (χ1v) is 8.74. The molecule has 2 atom stereocenters. The van der Waals surface area contributed by atoms with Crippen LogP contribution in [0.4, 0.5) is 9.59 Å². The Balaban J connectivity index is 1.94. The number of nitriles is 1. The van der Waals surface area contributed by atoms with Crippen molar-refractivity contribution >= 4 is 18.3 Å². The minimum Gasteiger partial charge on any atom is -0.448 e. The maximum Gasteiger partial charge on any atom is 0.429 e. The predicted molar refractivity (Wildman–Crippen MR) is 93.7 cm³/mol. The Morgan fingerprint density at radius 3 is 2.00 bits per heavy atom. The van der Waals surface area contributed by atoms with Gasteiger partial charge in [-0.05, 0) is 50.0 Å². The minimum absolute atomic E-state index is 0.223. The first-order chi connectivity index (χ1) is 12.6. The molecule has 0 N–H and O–H groups in total. The fourth-order valence-corrected chi connectivity index (χ4v) is 3.55. The summed E-state index contributed by atoms with van der Waals surface area (Å²) in [7, 11) is 0. The Labute approximate surface area is 152 Å². The lowest BCUT2D eigenvalue weighted by Gasteiger charge is -2.35. The van der Waals surface area contributed by atoms with E-state index in [0.717, 1.165) is 24.0 Å². The Bertz CT molecular complexity index is 732. The van der Waals surface area contributed by atoms with Gasteiger partial charge >= 0.3 is 12.2 Å². The number of hydrogen-bond donors (Lipinski definition) is 0. The van der Waals surface area contributed by atoms with Crippen LogP contribution < -0.4 is 0 Å². The largest absolute Gasteiger partial charge is 0.448 e. The molecule has 26 heavy (non-hydrogen) atoms. The predicted octanol–water partition coefficient (Wildman–Crippen LogP) is 3.32. The van der Waals surface area contributed by atoms with E-state index >= 15 is 0 Å². The fraction of sp³-hybridized carbons (Fsp3) is 0.421. The summed E-state index contributed by atoms with van der Waals surface area (Å²) in [4.78, 5) is 24.9. The summed E-state index contributed by atoms with van der Waals surface area (Å²) in [6, 6.07) is 8.84. The molecule has 1 aromatic rings. The first-order valence-electron chi connectivity index (χ1n) is 8.74. The third-order valence-electron chi connectivity index (χ3n) is 4.59. The van der Waals surface area contributed by atoms with Gasteiger partial charge in [-0.3, -0.25) is 0 Å². The number of carbonyl (C=O) groups excluding carboxylic acids is 2. The van der Waals surface area contributed by atoms with Crippen LogP contribution in [0.25, 0.3) is 6.08 Å². The van der Waals surface area contributed by atoms with Crippen molar-refractivity contribution in [1.29, 1.82) is 5.26 Å². The van der Waals surface area contributed by atoms with Crippen LogP contribution in [0.5, 0.6) is 0 Å². The smallest absolute Gasteiger partial charge is 0.429 e. The highest BCUT2D eigenvalue weighted by Gasteiger charge is 2.54. The van der Waals surface area contributed by atoms with E-state index in [0.29, 0.717) is 5.56 Å². The molecule has 1 aliphatic heterocycles. The van der Waals surface area contributed by atoms with Crippen LogP contribution in [0.15, 0.2) is 29.8 Å². The van der Waals surface area contributed by atoms with Gasteiger partial charge in [-0.25, -0.2) is 19.6 Å². The molecule has 0 radical (unpaired) electrons. The quantitative estimate of drug-likeness (QED) is 0.830. The van der Waals surface area contributed by atoms with Crippen LogP contribution in [0, 0.1) is 11.3 Å². The van der Waals surface area contributed by atoms with Crippen molar-refractivity contribution in [3.05, 3.63) is 41.0 Å². The van der Waals surface area contributed by atoms with Crippen molar-refractivity contribution in [2.45, 2.75) is 38.8 Å². The number of rotatable bonds is 3. The first kappa shape index (κ1) is 17.8. The Hall–Kier alpha value is -3.01. The standard InChI is InChI=1S/C19H21N3O4/c1-3-25-18(23)21-16-9-10-17(22(21)19(24)26-4-2)15(16)11-13-5-7-14(12-20)8-6-13/h5-8,11,16-17H,3-4,9-10H2,1-2H3. The Morgan fingerprint density at radius 2 is 1.58 bits per heavy atom. The molecule has 0 aromatic heterocycles. The number of hydrogen-bond acceptors (Lipinski definition) is 5. The van der Waals surface area contributed by atoms with Crippen LogP contribution in [-0.2, 0) is 9.47 Å². The molecule has 2 amide bonds. The molecule has 1 saturated carbocycles. The molecular weight excluding hydrogens is 334 g/mol. The average Bonchev–Trinajstić information content (AvgIpc) is 3.17. The second-order valence-electron chi connectivity index (χ2n) is 6.07. The number of hydrazine groups is 1. The van der Waals surface area contributed by atoms with Gasteiger partial charge in [0.15, 0.2) is 0 Å². The van der Waals surface area contributed by atoms with E-state index in [1.165, 1.54) is 10.0 Å². The van der Waals surface area contributed by atoms with Gasteiger partial charge in [-0.1, -0.05) is 18.2 Å². The molecule has 136 valence electrons. The van der Waals surface area contributed by atoms with E-state index < -0.39 is 12.2 Å². The molecular formula is C19H21N3O4. The van der Waals surface area contributed by atoms with Crippen LogP contribution in [0.1, 0.15) is 37.8 Å². The molecule has 2 aliphatic rings. The van der Waals surface area contributed by atoms with Gasteiger partial charge in [0.1, 0.15) is 0 Å². The summed E-state index contributed by atoms with van der Waals surface area (Å²) in [5.74, 6) is 0. The van der Waals surface area contributed by atoms with Crippen LogP contribution in [-0.4, -0.2) is 47.5 Å². The minimum atomic E-state index is -0.543. The third kappa shape index (κ3) is 3.10. The van der Waals surface area contributed by atoms with Crippen molar-refractivity contribution in [3.8, 4) is 6.07 Å². The fourth-order valence-electron chi connectivity index (χ4n) is 3.55. The summed E-state index contributed by atoms with van der Waals surface area (Å²) in [5.41, 5.74) is 2.49. The normalized spacial score (nSPS) is 20.7. The second-order valence-corrected chi connectivity index (χ2v) is 6.07. The maximum absolute atomic E-state index is 12.4. The number of carbonyl (C=O) groups is 2. The van der Waals surface area contributed by atoms with Gasteiger partial charge in [0.2, 0.25) is 0 Å². The number of nitrogens with zero attached hydrogens (tertiary/aromatic N) is 3. The van der Waals surface area contributed by atoms with E-state index in [1.807, 2.05) is 18.2 Å². The maximum atomic E-state index is 12.4. The number of ether oxygens (including phenoxy) is 2. The lowest BCUT2D eigenvalue weighted by Crippen LogP contribution is -2.53. The zero-order valence-electron chi connectivity index (χ0n) is 14.8. The number of amides is 2. The summed E-state index contributed by atoms with van der Waals surface area (Å²) in [6.07, 6.45) is 2.43. The molecule has 0 spiro atoms. The van der Waals surface area contributed by atoms with Crippen molar-refractivity contribution < 1.29 is 19.1 Å². The highest BCUT2D eigenvalue weighted by atomic mass is 16.6. The number of benzene rings is 1. The van der Waals surface area contributed by atoms with Gasteiger partial charge in [0.25, 0.3) is 0 Å². The van der Waals surface area contributed by atoms with Gasteiger partial charge in [-0.15, -0.1) is 0 Å². The third-order valence-corrected chi connectivity index (χ3v) is 4.59. The van der Waals surface area contributed by atoms with Crippen LogP contribution in [0.3, 0.4) is 0 Å². The summed E-state index contributed by atoms with van der Waals surface area (Å²) < 4.78 is 10.3. The van der Waals surface area contributed by atoms with Gasteiger partial charge in [-0.2, -0.15) is 5.26 Å². The SMILES string of the molecule is CCOC(=O)N1C2CCC(C2=Cc2ccc(C#N)cc2)N1C(=O)OCC. The molecule has 1 aromatic carbocycles. The van der Waals surface area contributed by atoms with Crippen molar-refractivity contribution in [2.75, 3.05) is 13.2 Å². The van der Waals surface area contributed by atoms with Gasteiger partial charge < -0.3 is 9.47 Å². The van der Waals surface area contributed by atoms with Crippen molar-refractivity contribution in [2.24, 2.45) is 0 Å². The topological polar surface area (TPSA) is 82.9 Å². The molecule has 1 aliphatic carbocycles. The zero-order chi connectivity index (χ0) is 18.7. The molecule has 7 heteroatoms. The Kier molecular flexibility index (Phi) is 5.12. The van der Waals surface area contributed by atoms with Crippen LogP contribution >= 0.6 is 0 Å². The highest BCUT2D eigenvalue weighted by molar-refractivity contribution is 5.79. The molecule has 2 unspecified atom stereocenters. The number of fused-ring (bicyclic) bond motifs is 2. The van der Waals surface area contributed by atoms with Crippen molar-refractivity contribution in [1.82, 2.24) is 10.0 Å². The molecule has 3 rings (SSSR count). The zero-order valence-corrected chi connectivity index (χ0v) is 14.8. The summed E-state index contributed by atoms with van der Waals surface area (Å²) >= 11 is 0. The average molecular weight is 355 g/mol. The van der Waals surface area contributed by atoms with Gasteiger partial charge in [0.05, 0.1) is 36.9 Å². The van der Waals surface area contributed by atoms with Crippen LogP contribution in [0.2, 0.25) is 0 Å². The molecule has 1 heterocycles. The summed E-state index contributed by atoms with van der Waals surface area (Å²) in [5, 5.41) is 11.7. The second kappa shape index (κ2) is 7.48. The molecule has 7 nitrogen and oxygen atoms in total. The molecule has 2 bridgehead atoms. The van der Waals surface area contributed by atoms with E-state index in [-0.39, 0.29) is 25.3 Å². The van der Waals surface area contributed by atoms with Crippen molar-refractivity contribution in [3.63, 3.8) is 0 Å². The van der Waals surface area contributed by atoms with E-state index in [9.17, 15) is 9.59 Å².